The SMILES string of the molecule is [B]C(=O)N1[C@H](Cc2ccccc2)[C@H]1CN(CC(C)C)S(=O)(=O)c1ccc([N+](=O)[O-])cc1. The molecule has 2 radical (unpaired) electrons. The molecule has 2 aromatic rings. The minimum atomic E-state index is -3.91. The van der Waals surface area contributed by atoms with E-state index < -0.39 is 20.8 Å². The van der Waals surface area contributed by atoms with E-state index in [1.54, 1.807) is 0 Å². The van der Waals surface area contributed by atoms with Gasteiger partial charge in [0.15, 0.2) is 5.81 Å². The van der Waals surface area contributed by atoms with Crippen LogP contribution in [0.1, 0.15) is 19.4 Å². The van der Waals surface area contributed by atoms with E-state index in [4.69, 9.17) is 7.85 Å². The van der Waals surface area contributed by atoms with Gasteiger partial charge >= 0.3 is 0 Å². The Kier molecular flexibility index (Phi) is 6.81. The van der Waals surface area contributed by atoms with Crippen molar-refractivity contribution >= 4 is 29.4 Å². The van der Waals surface area contributed by atoms with Gasteiger partial charge in [-0.2, -0.15) is 4.31 Å². The Morgan fingerprint density at radius 2 is 1.74 bits per heavy atom. The zero-order valence-corrected chi connectivity index (χ0v) is 18.2. The fourth-order valence-corrected chi connectivity index (χ4v) is 5.36. The van der Waals surface area contributed by atoms with E-state index in [1.807, 2.05) is 44.2 Å². The maximum atomic E-state index is 13.3. The average Bonchev–Trinajstić information content (AvgIpc) is 3.40. The number of carbonyl (C=O) groups excluding carboxylic acids is 1. The van der Waals surface area contributed by atoms with Gasteiger partial charge in [0.05, 0.1) is 21.9 Å². The second-order valence-electron chi connectivity index (χ2n) is 8.04. The van der Waals surface area contributed by atoms with E-state index in [9.17, 15) is 23.3 Å². The van der Waals surface area contributed by atoms with E-state index in [0.29, 0.717) is 6.42 Å². The van der Waals surface area contributed by atoms with E-state index >= 15 is 0 Å². The standard InChI is InChI=1S/C21H24BN3O5S/c1-15(2)13-23(31(29,30)18-10-8-17(9-11-18)25(27)28)14-20-19(24(20)21(22)26)12-16-6-4-3-5-7-16/h3-11,15,19-20H,12-14H2,1-2H3/t19-,20-,24?/m1/s1. The van der Waals surface area contributed by atoms with Crippen LogP contribution < -0.4 is 0 Å². The number of nitrogens with zero attached hydrogens (tertiary/aromatic N) is 3. The summed E-state index contributed by atoms with van der Waals surface area (Å²) in [4.78, 5) is 23.7. The van der Waals surface area contributed by atoms with E-state index in [2.05, 4.69) is 0 Å². The van der Waals surface area contributed by atoms with Crippen LogP contribution in [0.3, 0.4) is 0 Å². The molecule has 0 aromatic heterocycles. The van der Waals surface area contributed by atoms with Gasteiger partial charge < -0.3 is 4.90 Å². The first kappa shape index (κ1) is 23.0. The minimum absolute atomic E-state index is 0.0235. The van der Waals surface area contributed by atoms with Gasteiger partial charge in [0.2, 0.25) is 17.9 Å². The molecule has 0 spiro atoms. The highest BCUT2D eigenvalue weighted by molar-refractivity contribution is 7.89. The molecule has 0 unspecified atom stereocenters. The lowest BCUT2D eigenvalue weighted by Gasteiger charge is -2.24. The summed E-state index contributed by atoms with van der Waals surface area (Å²) in [6.45, 7) is 4.16. The van der Waals surface area contributed by atoms with Gasteiger partial charge in [-0.3, -0.25) is 14.9 Å². The summed E-state index contributed by atoms with van der Waals surface area (Å²) < 4.78 is 27.9. The lowest BCUT2D eigenvalue weighted by Crippen LogP contribution is -2.38. The molecule has 31 heavy (non-hydrogen) atoms. The summed E-state index contributed by atoms with van der Waals surface area (Å²) in [7, 11) is 1.62. The largest absolute Gasteiger partial charge is 0.341 e. The smallest absolute Gasteiger partial charge is 0.269 e. The number of non-ortho nitro benzene ring substituents is 1. The third-order valence-electron chi connectivity index (χ3n) is 5.26. The van der Waals surface area contributed by atoms with Crippen molar-refractivity contribution < 1.29 is 18.1 Å². The molecular weight excluding hydrogens is 417 g/mol. The van der Waals surface area contributed by atoms with Gasteiger partial charge in [-0.05, 0) is 30.0 Å². The third kappa shape index (κ3) is 5.32. The normalized spacial score (nSPS) is 18.4. The molecule has 8 nitrogen and oxygen atoms in total. The Balaban J connectivity index is 1.83. The summed E-state index contributed by atoms with van der Waals surface area (Å²) >= 11 is 0. The molecule has 1 aliphatic rings. The van der Waals surface area contributed by atoms with Crippen molar-refractivity contribution in [3.8, 4) is 0 Å². The maximum Gasteiger partial charge on any atom is 0.269 e. The van der Waals surface area contributed by atoms with Crippen LogP contribution in [-0.2, 0) is 16.4 Å². The topological polar surface area (TPSA) is 101 Å². The molecule has 0 aliphatic carbocycles. The van der Waals surface area contributed by atoms with Gasteiger partial charge in [-0.1, -0.05) is 44.2 Å². The fraction of sp³-hybridized carbons (Fsp3) is 0.381. The van der Waals surface area contributed by atoms with Crippen molar-refractivity contribution in [2.75, 3.05) is 13.1 Å². The first-order valence-corrected chi connectivity index (χ1v) is 11.4. The molecule has 2 atom stereocenters. The lowest BCUT2D eigenvalue weighted by atomic mass is 10.1. The van der Waals surface area contributed by atoms with Crippen LogP contribution in [0, 0.1) is 16.0 Å². The molecule has 1 amide bonds. The molecule has 2 aromatic carbocycles. The molecule has 0 N–H and O–H groups in total. The summed E-state index contributed by atoms with van der Waals surface area (Å²) in [5.74, 6) is -0.538. The molecular formula is C21H24BN3O5S. The van der Waals surface area contributed by atoms with Gasteiger partial charge in [0.25, 0.3) is 5.69 Å². The van der Waals surface area contributed by atoms with Crippen LogP contribution >= 0.6 is 0 Å². The van der Waals surface area contributed by atoms with Crippen molar-refractivity contribution in [3.63, 3.8) is 0 Å². The Labute approximate surface area is 183 Å². The van der Waals surface area contributed by atoms with Crippen molar-refractivity contribution in [1.82, 2.24) is 9.21 Å². The molecule has 1 heterocycles. The number of nitro groups is 1. The van der Waals surface area contributed by atoms with Crippen molar-refractivity contribution in [2.45, 2.75) is 37.2 Å². The van der Waals surface area contributed by atoms with Gasteiger partial charge in [0, 0.05) is 25.2 Å². The van der Waals surface area contributed by atoms with E-state index in [-0.39, 0.29) is 41.7 Å². The highest BCUT2D eigenvalue weighted by atomic mass is 32.2. The van der Waals surface area contributed by atoms with Crippen molar-refractivity contribution in [2.24, 2.45) is 5.92 Å². The number of rotatable bonds is 9. The summed E-state index contributed by atoms with van der Waals surface area (Å²) in [5, 5.41) is 10.9. The number of hydrogen-bond acceptors (Lipinski definition) is 5. The zero-order chi connectivity index (χ0) is 22.8. The van der Waals surface area contributed by atoms with Crippen molar-refractivity contribution in [1.29, 1.82) is 0 Å². The monoisotopic (exact) mass is 441 g/mol. The molecule has 1 fully saturated rings. The Hall–Kier alpha value is -2.72. The molecule has 1 aliphatic heterocycles. The molecule has 162 valence electrons. The third-order valence-corrected chi connectivity index (χ3v) is 7.10. The number of nitro benzene ring substituents is 1. The average molecular weight is 441 g/mol. The van der Waals surface area contributed by atoms with Crippen LogP contribution in [0.4, 0.5) is 10.5 Å². The predicted molar refractivity (Wildman–Crippen MR) is 117 cm³/mol. The number of sulfonamides is 1. The first-order chi connectivity index (χ1) is 14.6. The van der Waals surface area contributed by atoms with Gasteiger partial charge in [0.1, 0.15) is 0 Å². The maximum absolute atomic E-state index is 13.3. The van der Waals surface area contributed by atoms with Crippen LogP contribution in [0.5, 0.6) is 0 Å². The highest BCUT2D eigenvalue weighted by Crippen LogP contribution is 2.34. The first-order valence-electron chi connectivity index (χ1n) is 9.97. The molecule has 1 saturated heterocycles. The summed E-state index contributed by atoms with van der Waals surface area (Å²) in [6.07, 6.45) is 0.585. The Morgan fingerprint density at radius 3 is 2.26 bits per heavy atom. The van der Waals surface area contributed by atoms with Gasteiger partial charge in [-0.25, -0.2) is 8.42 Å². The Bertz CT molecular complexity index is 1040. The van der Waals surface area contributed by atoms with Crippen LogP contribution in [0.2, 0.25) is 0 Å². The van der Waals surface area contributed by atoms with E-state index in [0.717, 1.165) is 5.56 Å². The van der Waals surface area contributed by atoms with Gasteiger partial charge in [-0.15, -0.1) is 0 Å². The molecule has 0 saturated carbocycles. The molecule has 10 heteroatoms. The van der Waals surface area contributed by atoms with E-state index in [1.165, 1.54) is 33.5 Å². The van der Waals surface area contributed by atoms with Crippen molar-refractivity contribution in [3.05, 3.63) is 70.3 Å². The second-order valence-corrected chi connectivity index (χ2v) is 9.97. The number of hydrogen-bond donors (Lipinski definition) is 0. The molecule has 0 bridgehead atoms. The number of carbonyl (C=O) groups is 1. The zero-order valence-electron chi connectivity index (χ0n) is 17.4. The van der Waals surface area contributed by atoms with Crippen LogP contribution in [0.15, 0.2) is 59.5 Å². The minimum Gasteiger partial charge on any atom is -0.341 e. The van der Waals surface area contributed by atoms with Crippen LogP contribution in [0.25, 0.3) is 0 Å². The lowest BCUT2D eigenvalue weighted by molar-refractivity contribution is -0.384. The Morgan fingerprint density at radius 1 is 1.13 bits per heavy atom. The quantitative estimate of drug-likeness (QED) is 0.258. The summed E-state index contributed by atoms with van der Waals surface area (Å²) in [6, 6.07) is 13.9. The highest BCUT2D eigenvalue weighted by Gasteiger charge is 2.50. The van der Waals surface area contributed by atoms with Crippen LogP contribution in [-0.4, -0.2) is 61.4 Å². The summed E-state index contributed by atoms with van der Waals surface area (Å²) in [5.41, 5.74) is 0.856. The second kappa shape index (κ2) is 9.19. The number of amides is 1. The fourth-order valence-electron chi connectivity index (χ4n) is 3.74. The predicted octanol–water partition coefficient (Wildman–Crippen LogP) is 2.83. The molecule has 3 rings (SSSR count). The number of benzene rings is 2.